The van der Waals surface area contributed by atoms with Crippen LogP contribution in [0.5, 0.6) is 5.75 Å². The van der Waals surface area contributed by atoms with Crippen LogP contribution in [0.25, 0.3) is 6.08 Å². The number of fused-ring (bicyclic) bond motifs is 1. The number of carbonyl (C=O) groups is 2. The first kappa shape index (κ1) is 16.8. The van der Waals surface area contributed by atoms with E-state index in [1.165, 1.54) is 11.6 Å². The molecular weight excluding hydrogens is 316 g/mol. The Labute approximate surface area is 146 Å². The van der Waals surface area contributed by atoms with Crippen molar-refractivity contribution in [1.29, 1.82) is 0 Å². The minimum absolute atomic E-state index is 0.127. The molecule has 0 spiro atoms. The monoisotopic (exact) mass is 336 g/mol. The third-order valence-electron chi connectivity index (χ3n) is 4.05. The molecule has 5 heteroatoms. The van der Waals surface area contributed by atoms with Crippen LogP contribution in [0.1, 0.15) is 27.0 Å². The van der Waals surface area contributed by atoms with Gasteiger partial charge >= 0.3 is 0 Å². The molecule has 2 aromatic rings. The Morgan fingerprint density at radius 3 is 2.72 bits per heavy atom. The summed E-state index contributed by atoms with van der Waals surface area (Å²) in [6.07, 6.45) is 4.23. The van der Waals surface area contributed by atoms with Crippen molar-refractivity contribution in [3.8, 4) is 5.75 Å². The largest absolute Gasteiger partial charge is 0.493 e. The van der Waals surface area contributed by atoms with Gasteiger partial charge in [-0.1, -0.05) is 18.2 Å². The van der Waals surface area contributed by atoms with Crippen LogP contribution in [0.4, 0.5) is 0 Å². The Morgan fingerprint density at radius 1 is 1.16 bits per heavy atom. The van der Waals surface area contributed by atoms with Gasteiger partial charge in [0.25, 0.3) is 5.91 Å². The van der Waals surface area contributed by atoms with E-state index < -0.39 is 0 Å². The predicted octanol–water partition coefficient (Wildman–Crippen LogP) is 2.31. The summed E-state index contributed by atoms with van der Waals surface area (Å²) < 4.78 is 5.47. The van der Waals surface area contributed by atoms with Crippen LogP contribution >= 0.6 is 0 Å². The molecule has 0 unspecified atom stereocenters. The van der Waals surface area contributed by atoms with E-state index in [2.05, 4.69) is 10.6 Å². The van der Waals surface area contributed by atoms with Crippen LogP contribution in [0.15, 0.2) is 48.5 Å². The molecule has 0 aliphatic carbocycles. The second-order valence-corrected chi connectivity index (χ2v) is 5.79. The van der Waals surface area contributed by atoms with E-state index in [1.807, 2.05) is 30.3 Å². The van der Waals surface area contributed by atoms with Gasteiger partial charge in [-0.15, -0.1) is 0 Å². The van der Waals surface area contributed by atoms with Gasteiger partial charge in [0.15, 0.2) is 0 Å². The standard InChI is InChI=1S/C20H20N2O3/c1-21-20(24)16-6-2-15(3-7-16)13-22-19(23)9-5-14-4-8-18-17(12-14)10-11-25-18/h2-9,12H,10-11,13H2,1H3,(H,21,24)(H,22,23)/b9-5+. The summed E-state index contributed by atoms with van der Waals surface area (Å²) in [6.45, 7) is 1.14. The highest BCUT2D eigenvalue weighted by Gasteiger charge is 2.11. The summed E-state index contributed by atoms with van der Waals surface area (Å²) in [5.74, 6) is 0.646. The van der Waals surface area contributed by atoms with Crippen molar-refractivity contribution >= 4 is 17.9 Å². The Hall–Kier alpha value is -3.08. The van der Waals surface area contributed by atoms with E-state index >= 15 is 0 Å². The minimum Gasteiger partial charge on any atom is -0.493 e. The number of carbonyl (C=O) groups excluding carboxylic acids is 2. The van der Waals surface area contributed by atoms with Crippen molar-refractivity contribution in [1.82, 2.24) is 10.6 Å². The van der Waals surface area contributed by atoms with Gasteiger partial charge < -0.3 is 15.4 Å². The molecule has 0 saturated carbocycles. The molecule has 25 heavy (non-hydrogen) atoms. The lowest BCUT2D eigenvalue weighted by molar-refractivity contribution is -0.116. The number of rotatable bonds is 5. The van der Waals surface area contributed by atoms with Gasteiger partial charge in [0.05, 0.1) is 6.61 Å². The molecule has 0 radical (unpaired) electrons. The van der Waals surface area contributed by atoms with E-state index in [0.717, 1.165) is 29.9 Å². The molecule has 0 aromatic heterocycles. The second-order valence-electron chi connectivity index (χ2n) is 5.79. The lowest BCUT2D eigenvalue weighted by Gasteiger charge is -2.04. The molecule has 5 nitrogen and oxygen atoms in total. The lowest BCUT2D eigenvalue weighted by Crippen LogP contribution is -2.20. The Kier molecular flexibility index (Phi) is 5.14. The molecule has 1 aliphatic rings. The molecular formula is C20H20N2O3. The van der Waals surface area contributed by atoms with Crippen molar-refractivity contribution in [3.05, 3.63) is 70.8 Å². The summed E-state index contributed by atoms with van der Waals surface area (Å²) in [5, 5.41) is 5.41. The minimum atomic E-state index is -0.160. The molecule has 0 atom stereocenters. The number of nitrogens with one attached hydrogen (secondary N) is 2. The summed E-state index contributed by atoms with van der Waals surface area (Å²) in [7, 11) is 1.59. The predicted molar refractivity (Wildman–Crippen MR) is 96.4 cm³/mol. The third-order valence-corrected chi connectivity index (χ3v) is 4.05. The average molecular weight is 336 g/mol. The zero-order valence-corrected chi connectivity index (χ0v) is 14.0. The Balaban J connectivity index is 1.53. The summed E-state index contributed by atoms with van der Waals surface area (Å²) in [5.41, 5.74) is 3.69. The Morgan fingerprint density at radius 2 is 1.96 bits per heavy atom. The maximum absolute atomic E-state index is 12.0. The molecule has 0 bridgehead atoms. The second kappa shape index (κ2) is 7.66. The van der Waals surface area contributed by atoms with Crippen LogP contribution in [-0.4, -0.2) is 25.5 Å². The van der Waals surface area contributed by atoms with Gasteiger partial charge in [0.2, 0.25) is 5.91 Å². The van der Waals surface area contributed by atoms with Crippen LogP contribution in [-0.2, 0) is 17.8 Å². The molecule has 128 valence electrons. The molecule has 3 rings (SSSR count). The van der Waals surface area contributed by atoms with Crippen molar-refractivity contribution in [2.75, 3.05) is 13.7 Å². The number of ether oxygens (including phenoxy) is 1. The van der Waals surface area contributed by atoms with Crippen LogP contribution in [0.3, 0.4) is 0 Å². The van der Waals surface area contributed by atoms with Crippen molar-refractivity contribution in [3.63, 3.8) is 0 Å². The molecule has 0 saturated heterocycles. The van der Waals surface area contributed by atoms with Gasteiger partial charge in [-0.05, 0) is 47.0 Å². The van der Waals surface area contributed by atoms with E-state index in [4.69, 9.17) is 4.74 Å². The first-order chi connectivity index (χ1) is 12.2. The third kappa shape index (κ3) is 4.26. The van der Waals surface area contributed by atoms with E-state index in [0.29, 0.717) is 12.1 Å². The lowest BCUT2D eigenvalue weighted by atomic mass is 10.1. The zero-order chi connectivity index (χ0) is 17.6. The van der Waals surface area contributed by atoms with Gasteiger partial charge in [0.1, 0.15) is 5.75 Å². The van der Waals surface area contributed by atoms with Gasteiger partial charge in [-0.25, -0.2) is 0 Å². The maximum atomic E-state index is 12.0. The van der Waals surface area contributed by atoms with E-state index in [-0.39, 0.29) is 11.8 Å². The van der Waals surface area contributed by atoms with E-state index in [1.54, 1.807) is 25.3 Å². The van der Waals surface area contributed by atoms with Crippen LogP contribution in [0.2, 0.25) is 0 Å². The first-order valence-corrected chi connectivity index (χ1v) is 8.18. The van der Waals surface area contributed by atoms with Gasteiger partial charge in [0, 0.05) is 31.7 Å². The van der Waals surface area contributed by atoms with Crippen molar-refractivity contribution < 1.29 is 14.3 Å². The topological polar surface area (TPSA) is 67.4 Å². The highest BCUT2D eigenvalue weighted by molar-refractivity contribution is 5.94. The molecule has 2 amide bonds. The van der Waals surface area contributed by atoms with Gasteiger partial charge in [-0.3, -0.25) is 9.59 Å². The number of hydrogen-bond donors (Lipinski definition) is 2. The number of hydrogen-bond acceptors (Lipinski definition) is 3. The molecule has 2 aromatic carbocycles. The fourth-order valence-corrected chi connectivity index (χ4v) is 2.65. The highest BCUT2D eigenvalue weighted by Crippen LogP contribution is 2.26. The molecule has 2 N–H and O–H groups in total. The molecule has 1 aliphatic heterocycles. The van der Waals surface area contributed by atoms with Crippen LogP contribution < -0.4 is 15.4 Å². The number of amides is 2. The zero-order valence-electron chi connectivity index (χ0n) is 14.0. The fraction of sp³-hybridized carbons (Fsp3) is 0.200. The Bertz CT molecular complexity index is 810. The highest BCUT2D eigenvalue weighted by atomic mass is 16.5. The normalized spacial score (nSPS) is 12.5. The number of benzene rings is 2. The summed E-state index contributed by atoms with van der Waals surface area (Å²) >= 11 is 0. The maximum Gasteiger partial charge on any atom is 0.251 e. The summed E-state index contributed by atoms with van der Waals surface area (Å²) in [6, 6.07) is 13.1. The SMILES string of the molecule is CNC(=O)c1ccc(CNC(=O)/C=C/c2ccc3c(c2)CCO3)cc1. The van der Waals surface area contributed by atoms with E-state index in [9.17, 15) is 9.59 Å². The summed E-state index contributed by atoms with van der Waals surface area (Å²) in [4.78, 5) is 23.4. The quantitative estimate of drug-likeness (QED) is 0.824. The fourth-order valence-electron chi connectivity index (χ4n) is 2.65. The molecule has 0 fully saturated rings. The first-order valence-electron chi connectivity index (χ1n) is 8.18. The average Bonchev–Trinajstić information content (AvgIpc) is 3.12. The van der Waals surface area contributed by atoms with Crippen LogP contribution in [0, 0.1) is 0 Å². The smallest absolute Gasteiger partial charge is 0.251 e. The van der Waals surface area contributed by atoms with Crippen molar-refractivity contribution in [2.24, 2.45) is 0 Å². The van der Waals surface area contributed by atoms with Crippen molar-refractivity contribution in [2.45, 2.75) is 13.0 Å². The molecule has 1 heterocycles. The van der Waals surface area contributed by atoms with Gasteiger partial charge in [-0.2, -0.15) is 0 Å².